The summed E-state index contributed by atoms with van der Waals surface area (Å²) in [6.07, 6.45) is 1.42. The first-order valence-electron chi connectivity index (χ1n) is 5.25. The number of imidazole rings is 1. The van der Waals surface area contributed by atoms with Crippen molar-refractivity contribution in [3.05, 3.63) is 29.8 Å². The molecule has 1 aromatic carbocycles. The van der Waals surface area contributed by atoms with Gasteiger partial charge in [0, 0.05) is 12.6 Å². The maximum Gasteiger partial charge on any atom is 0.253 e. The Morgan fingerprint density at radius 3 is 2.84 bits per heavy atom. The van der Waals surface area contributed by atoms with E-state index in [0.29, 0.717) is 17.6 Å². The average molecular weight is 309 g/mol. The Balaban J connectivity index is 0.00000162. The zero-order valence-corrected chi connectivity index (χ0v) is 11.8. The number of H-pyrrole nitrogens is 1. The fourth-order valence-corrected chi connectivity index (χ4v) is 1.55. The van der Waals surface area contributed by atoms with E-state index in [9.17, 15) is 9.18 Å². The highest BCUT2D eigenvalue weighted by Crippen LogP contribution is 2.17. The summed E-state index contributed by atoms with van der Waals surface area (Å²) in [6, 6.07) is 2.30. The van der Waals surface area contributed by atoms with E-state index in [1.165, 1.54) is 18.5 Å². The van der Waals surface area contributed by atoms with Crippen molar-refractivity contribution in [3.63, 3.8) is 0 Å². The lowest BCUT2D eigenvalue weighted by Crippen LogP contribution is -2.37. The molecule has 0 aliphatic rings. The standard InChI is InChI=1S/C11H13FN4O.2ClH/c1-6(4-13)16-11(17)8-2-7(12)3-9-10(8)15-5-14-9;;/h2-3,5-6H,4,13H2,1H3,(H,14,15)(H,16,17);2*1H/t6-;;/m0../s1. The number of carbonyl (C=O) groups is 1. The number of aromatic amines is 1. The van der Waals surface area contributed by atoms with Crippen molar-refractivity contribution >= 4 is 41.8 Å². The molecule has 0 aliphatic carbocycles. The molecule has 1 amide bonds. The molecule has 1 heterocycles. The number of nitrogens with two attached hydrogens (primary N) is 1. The van der Waals surface area contributed by atoms with E-state index >= 15 is 0 Å². The highest BCUT2D eigenvalue weighted by Gasteiger charge is 2.15. The molecule has 106 valence electrons. The summed E-state index contributed by atoms with van der Waals surface area (Å²) in [7, 11) is 0. The number of carbonyl (C=O) groups excluding carboxylic acids is 1. The van der Waals surface area contributed by atoms with Crippen molar-refractivity contribution in [2.45, 2.75) is 13.0 Å². The summed E-state index contributed by atoms with van der Waals surface area (Å²) in [4.78, 5) is 18.7. The third-order valence-corrected chi connectivity index (χ3v) is 2.46. The normalized spacial score (nSPS) is 11.3. The molecule has 0 saturated heterocycles. The molecule has 0 spiro atoms. The van der Waals surface area contributed by atoms with Gasteiger partial charge in [0.15, 0.2) is 0 Å². The van der Waals surface area contributed by atoms with Crippen LogP contribution < -0.4 is 11.1 Å². The number of aromatic nitrogens is 2. The molecule has 0 bridgehead atoms. The predicted molar refractivity (Wildman–Crippen MR) is 76.5 cm³/mol. The number of hydrogen-bond donors (Lipinski definition) is 3. The van der Waals surface area contributed by atoms with E-state index in [1.807, 2.05) is 0 Å². The van der Waals surface area contributed by atoms with Crippen LogP contribution in [0.25, 0.3) is 11.0 Å². The summed E-state index contributed by atoms with van der Waals surface area (Å²) in [5.74, 6) is -0.855. The van der Waals surface area contributed by atoms with Crippen molar-refractivity contribution in [2.24, 2.45) is 5.73 Å². The molecular formula is C11H15Cl2FN4O. The summed E-state index contributed by atoms with van der Waals surface area (Å²) in [6.45, 7) is 2.10. The minimum Gasteiger partial charge on any atom is -0.348 e. The molecule has 0 fully saturated rings. The molecule has 0 radical (unpaired) electrons. The fourth-order valence-electron chi connectivity index (χ4n) is 1.55. The van der Waals surface area contributed by atoms with Crippen molar-refractivity contribution in [1.29, 1.82) is 0 Å². The zero-order chi connectivity index (χ0) is 12.4. The highest BCUT2D eigenvalue weighted by molar-refractivity contribution is 6.04. The van der Waals surface area contributed by atoms with Gasteiger partial charge in [0.25, 0.3) is 5.91 Å². The minimum absolute atomic E-state index is 0. The van der Waals surface area contributed by atoms with Gasteiger partial charge in [-0.3, -0.25) is 4.79 Å². The van der Waals surface area contributed by atoms with E-state index in [-0.39, 0.29) is 42.3 Å². The molecule has 4 N–H and O–H groups in total. The largest absolute Gasteiger partial charge is 0.348 e. The lowest BCUT2D eigenvalue weighted by molar-refractivity contribution is 0.0942. The van der Waals surface area contributed by atoms with Crippen molar-refractivity contribution in [3.8, 4) is 0 Å². The van der Waals surface area contributed by atoms with E-state index in [1.54, 1.807) is 6.92 Å². The Morgan fingerprint density at radius 2 is 2.21 bits per heavy atom. The number of amides is 1. The molecule has 1 aromatic heterocycles. The van der Waals surface area contributed by atoms with Crippen molar-refractivity contribution < 1.29 is 9.18 Å². The first-order chi connectivity index (χ1) is 8.11. The maximum absolute atomic E-state index is 13.3. The second kappa shape index (κ2) is 7.28. The van der Waals surface area contributed by atoms with Crippen LogP contribution in [0.2, 0.25) is 0 Å². The predicted octanol–water partition coefficient (Wildman–Crippen LogP) is 1.62. The summed E-state index contributed by atoms with van der Waals surface area (Å²) >= 11 is 0. The van der Waals surface area contributed by atoms with E-state index in [2.05, 4.69) is 15.3 Å². The lowest BCUT2D eigenvalue weighted by Gasteiger charge is -2.11. The molecule has 8 heteroatoms. The summed E-state index contributed by atoms with van der Waals surface area (Å²) in [5.41, 5.74) is 6.57. The van der Waals surface area contributed by atoms with Crippen LogP contribution in [0.15, 0.2) is 18.5 Å². The number of hydrogen-bond acceptors (Lipinski definition) is 3. The van der Waals surface area contributed by atoms with Crippen LogP contribution in [0.5, 0.6) is 0 Å². The number of nitrogens with zero attached hydrogens (tertiary/aromatic N) is 1. The number of halogens is 3. The molecular weight excluding hydrogens is 294 g/mol. The second-order valence-electron chi connectivity index (χ2n) is 3.86. The summed E-state index contributed by atoms with van der Waals surface area (Å²) in [5, 5.41) is 2.67. The lowest BCUT2D eigenvalue weighted by atomic mass is 10.1. The average Bonchev–Trinajstić information content (AvgIpc) is 2.75. The van der Waals surface area contributed by atoms with Gasteiger partial charge in [-0.15, -0.1) is 24.8 Å². The van der Waals surface area contributed by atoms with Crippen LogP contribution in [0, 0.1) is 5.82 Å². The molecule has 2 rings (SSSR count). The Kier molecular flexibility index (Phi) is 6.75. The van der Waals surface area contributed by atoms with Crippen LogP contribution >= 0.6 is 24.8 Å². The number of nitrogens with one attached hydrogen (secondary N) is 2. The molecule has 1 atom stereocenters. The SMILES string of the molecule is C[C@@H](CN)NC(=O)c1cc(F)cc2[nH]cnc12.Cl.Cl. The topological polar surface area (TPSA) is 83.8 Å². The monoisotopic (exact) mass is 308 g/mol. The maximum atomic E-state index is 13.3. The number of rotatable bonds is 3. The van der Waals surface area contributed by atoms with Crippen LogP contribution in [0.3, 0.4) is 0 Å². The van der Waals surface area contributed by atoms with E-state index < -0.39 is 5.82 Å². The van der Waals surface area contributed by atoms with Crippen LogP contribution in [-0.4, -0.2) is 28.5 Å². The van der Waals surface area contributed by atoms with Gasteiger partial charge in [0.2, 0.25) is 0 Å². The van der Waals surface area contributed by atoms with Gasteiger partial charge in [-0.05, 0) is 19.1 Å². The smallest absolute Gasteiger partial charge is 0.253 e. The first-order valence-corrected chi connectivity index (χ1v) is 5.25. The number of fused-ring (bicyclic) bond motifs is 1. The molecule has 19 heavy (non-hydrogen) atoms. The Hall–Kier alpha value is -1.37. The third kappa shape index (κ3) is 3.79. The van der Waals surface area contributed by atoms with Gasteiger partial charge < -0.3 is 16.0 Å². The molecule has 5 nitrogen and oxygen atoms in total. The minimum atomic E-state index is -0.479. The van der Waals surface area contributed by atoms with Gasteiger partial charge in [0.05, 0.1) is 17.4 Å². The Bertz CT molecular complexity index is 561. The van der Waals surface area contributed by atoms with E-state index in [4.69, 9.17) is 5.73 Å². The van der Waals surface area contributed by atoms with Crippen molar-refractivity contribution in [2.75, 3.05) is 6.54 Å². The van der Waals surface area contributed by atoms with Crippen molar-refractivity contribution in [1.82, 2.24) is 15.3 Å². The van der Waals surface area contributed by atoms with Gasteiger partial charge in [0.1, 0.15) is 11.3 Å². The Morgan fingerprint density at radius 1 is 1.53 bits per heavy atom. The molecule has 0 unspecified atom stereocenters. The van der Waals surface area contributed by atoms with Gasteiger partial charge in [-0.25, -0.2) is 9.37 Å². The van der Waals surface area contributed by atoms with Gasteiger partial charge in [-0.2, -0.15) is 0 Å². The molecule has 0 saturated carbocycles. The third-order valence-electron chi connectivity index (χ3n) is 2.46. The Labute approximate surface area is 122 Å². The summed E-state index contributed by atoms with van der Waals surface area (Å²) < 4.78 is 13.3. The fraction of sp³-hybridized carbons (Fsp3) is 0.273. The van der Waals surface area contributed by atoms with Gasteiger partial charge in [-0.1, -0.05) is 0 Å². The van der Waals surface area contributed by atoms with Crippen LogP contribution in [-0.2, 0) is 0 Å². The van der Waals surface area contributed by atoms with Crippen LogP contribution in [0.4, 0.5) is 4.39 Å². The first kappa shape index (κ1) is 17.6. The molecule has 2 aromatic rings. The number of benzene rings is 1. The molecule has 0 aliphatic heterocycles. The van der Waals surface area contributed by atoms with Gasteiger partial charge >= 0.3 is 0 Å². The quantitative estimate of drug-likeness (QED) is 0.805. The second-order valence-corrected chi connectivity index (χ2v) is 3.86. The van der Waals surface area contributed by atoms with Crippen LogP contribution in [0.1, 0.15) is 17.3 Å². The van der Waals surface area contributed by atoms with E-state index in [0.717, 1.165) is 0 Å². The zero-order valence-electron chi connectivity index (χ0n) is 10.1. The highest BCUT2D eigenvalue weighted by atomic mass is 35.5.